The smallest absolute Gasteiger partial charge is 0.107 e. The zero-order chi connectivity index (χ0) is 13.3. The van der Waals surface area contributed by atoms with Crippen LogP contribution in [-0.4, -0.2) is 0 Å². The molecule has 18 heavy (non-hydrogen) atoms. The highest BCUT2D eigenvalue weighted by molar-refractivity contribution is 9.10. The van der Waals surface area contributed by atoms with Crippen molar-refractivity contribution in [1.29, 1.82) is 0 Å². The summed E-state index contributed by atoms with van der Waals surface area (Å²) in [5.41, 5.74) is 5.10. The lowest BCUT2D eigenvalue weighted by Crippen LogP contribution is -2.02. The third kappa shape index (κ3) is 3.08. The van der Waals surface area contributed by atoms with Crippen molar-refractivity contribution in [2.24, 2.45) is 0 Å². The largest absolute Gasteiger partial charge is 0.380 e. The Kier molecular flexibility index (Phi) is 4.36. The molecule has 0 spiro atoms. The number of rotatable bonds is 3. The standard InChI is InChI=1S/C14H15BrClNS/c1-8-4-9(2)13(10(3)5-8)17-7-11-6-12(15)14(16)18-11/h4-6,17H,7H2,1-3H3. The third-order valence-electron chi connectivity index (χ3n) is 2.81. The topological polar surface area (TPSA) is 12.0 Å². The first-order valence-corrected chi connectivity index (χ1v) is 7.71. The van der Waals surface area contributed by atoms with E-state index in [-0.39, 0.29) is 0 Å². The molecule has 0 amide bonds. The number of hydrogen-bond acceptors (Lipinski definition) is 2. The van der Waals surface area contributed by atoms with Crippen LogP contribution in [0.1, 0.15) is 21.6 Å². The molecule has 0 saturated heterocycles. The average molecular weight is 345 g/mol. The second-order valence-electron chi connectivity index (χ2n) is 4.46. The number of halogens is 2. The molecule has 0 atom stereocenters. The zero-order valence-corrected chi connectivity index (χ0v) is 13.8. The first-order valence-electron chi connectivity index (χ1n) is 5.73. The van der Waals surface area contributed by atoms with E-state index < -0.39 is 0 Å². The van der Waals surface area contributed by atoms with Gasteiger partial charge in [0.1, 0.15) is 4.34 Å². The summed E-state index contributed by atoms with van der Waals surface area (Å²) in [5.74, 6) is 0. The van der Waals surface area contributed by atoms with Gasteiger partial charge < -0.3 is 5.32 Å². The molecule has 96 valence electrons. The summed E-state index contributed by atoms with van der Waals surface area (Å²) >= 11 is 11.1. The highest BCUT2D eigenvalue weighted by atomic mass is 79.9. The third-order valence-corrected chi connectivity index (χ3v) is 5.29. The van der Waals surface area contributed by atoms with Gasteiger partial charge in [0.05, 0.1) is 0 Å². The molecule has 0 aliphatic rings. The monoisotopic (exact) mass is 343 g/mol. The van der Waals surface area contributed by atoms with Gasteiger partial charge in [-0.1, -0.05) is 29.3 Å². The molecular weight excluding hydrogens is 330 g/mol. The van der Waals surface area contributed by atoms with E-state index in [0.29, 0.717) is 0 Å². The van der Waals surface area contributed by atoms with Gasteiger partial charge in [-0.3, -0.25) is 0 Å². The molecule has 1 aromatic heterocycles. The van der Waals surface area contributed by atoms with Gasteiger partial charge in [0, 0.05) is 21.6 Å². The Morgan fingerprint density at radius 1 is 1.17 bits per heavy atom. The van der Waals surface area contributed by atoms with Crippen LogP contribution in [0, 0.1) is 20.8 Å². The van der Waals surface area contributed by atoms with Crippen molar-refractivity contribution in [3.8, 4) is 0 Å². The van der Waals surface area contributed by atoms with E-state index in [4.69, 9.17) is 11.6 Å². The van der Waals surface area contributed by atoms with Crippen LogP contribution in [0.15, 0.2) is 22.7 Å². The summed E-state index contributed by atoms with van der Waals surface area (Å²) in [6.45, 7) is 7.21. The molecule has 0 fully saturated rings. The molecule has 1 nitrogen and oxygen atoms in total. The van der Waals surface area contributed by atoms with Crippen molar-refractivity contribution in [2.45, 2.75) is 27.3 Å². The molecule has 0 aliphatic heterocycles. The van der Waals surface area contributed by atoms with Crippen molar-refractivity contribution in [3.63, 3.8) is 0 Å². The van der Waals surface area contributed by atoms with Crippen LogP contribution in [0.25, 0.3) is 0 Å². The molecule has 1 heterocycles. The molecular formula is C14H15BrClNS. The summed E-state index contributed by atoms with van der Waals surface area (Å²) in [7, 11) is 0. The van der Waals surface area contributed by atoms with Gasteiger partial charge in [0.15, 0.2) is 0 Å². The predicted molar refractivity (Wildman–Crippen MR) is 85.0 cm³/mol. The molecule has 0 radical (unpaired) electrons. The number of thiophene rings is 1. The average Bonchev–Trinajstić information content (AvgIpc) is 2.56. The molecule has 2 rings (SSSR count). The lowest BCUT2D eigenvalue weighted by Gasteiger charge is -2.13. The Balaban J connectivity index is 2.15. The molecule has 1 N–H and O–H groups in total. The van der Waals surface area contributed by atoms with Gasteiger partial charge in [-0.05, 0) is 53.9 Å². The summed E-state index contributed by atoms with van der Waals surface area (Å²) in [6, 6.07) is 6.47. The highest BCUT2D eigenvalue weighted by Crippen LogP contribution is 2.32. The fourth-order valence-corrected chi connectivity index (χ4v) is 3.84. The van der Waals surface area contributed by atoms with Crippen molar-refractivity contribution in [2.75, 3.05) is 5.32 Å². The zero-order valence-electron chi connectivity index (χ0n) is 10.6. The van der Waals surface area contributed by atoms with E-state index >= 15 is 0 Å². The molecule has 0 aliphatic carbocycles. The Bertz CT molecular complexity index is 535. The van der Waals surface area contributed by atoms with E-state index in [9.17, 15) is 0 Å². The van der Waals surface area contributed by atoms with Gasteiger partial charge >= 0.3 is 0 Å². The SMILES string of the molecule is Cc1cc(C)c(NCc2cc(Br)c(Cl)s2)c(C)c1. The van der Waals surface area contributed by atoms with Gasteiger partial charge in [0.2, 0.25) is 0 Å². The number of nitrogens with one attached hydrogen (secondary N) is 1. The van der Waals surface area contributed by atoms with Crippen molar-refractivity contribution >= 4 is 44.6 Å². The van der Waals surface area contributed by atoms with Crippen LogP contribution in [-0.2, 0) is 6.54 Å². The second-order valence-corrected chi connectivity index (χ2v) is 7.05. The van der Waals surface area contributed by atoms with E-state index in [0.717, 1.165) is 15.4 Å². The van der Waals surface area contributed by atoms with E-state index in [1.807, 2.05) is 0 Å². The minimum Gasteiger partial charge on any atom is -0.380 e. The number of hydrogen-bond donors (Lipinski definition) is 1. The molecule has 0 unspecified atom stereocenters. The predicted octanol–water partition coefficient (Wildman–Crippen LogP) is 5.70. The lowest BCUT2D eigenvalue weighted by molar-refractivity contribution is 1.16. The fraction of sp³-hybridized carbons (Fsp3) is 0.286. The minimum absolute atomic E-state index is 0.806. The summed E-state index contributed by atoms with van der Waals surface area (Å²) in [6.07, 6.45) is 0. The van der Waals surface area contributed by atoms with E-state index in [2.05, 4.69) is 60.2 Å². The van der Waals surface area contributed by atoms with Gasteiger partial charge in [-0.2, -0.15) is 0 Å². The van der Waals surface area contributed by atoms with Crippen molar-refractivity contribution in [1.82, 2.24) is 0 Å². The van der Waals surface area contributed by atoms with Crippen LogP contribution >= 0.6 is 38.9 Å². The van der Waals surface area contributed by atoms with Gasteiger partial charge in [0.25, 0.3) is 0 Å². The number of benzene rings is 1. The summed E-state index contributed by atoms with van der Waals surface area (Å²) < 4.78 is 1.78. The molecule has 1 aromatic carbocycles. The van der Waals surface area contributed by atoms with Crippen LogP contribution in [0.2, 0.25) is 4.34 Å². The molecule has 0 saturated carbocycles. The van der Waals surface area contributed by atoms with Crippen LogP contribution in [0.3, 0.4) is 0 Å². The quantitative estimate of drug-likeness (QED) is 0.753. The van der Waals surface area contributed by atoms with Gasteiger partial charge in [-0.15, -0.1) is 11.3 Å². The van der Waals surface area contributed by atoms with Crippen molar-refractivity contribution in [3.05, 3.63) is 48.6 Å². The Morgan fingerprint density at radius 3 is 2.28 bits per heavy atom. The second kappa shape index (κ2) is 5.64. The first kappa shape index (κ1) is 13.9. The minimum atomic E-state index is 0.806. The van der Waals surface area contributed by atoms with Crippen LogP contribution in [0.4, 0.5) is 5.69 Å². The summed E-state index contributed by atoms with van der Waals surface area (Å²) in [4.78, 5) is 1.23. The van der Waals surface area contributed by atoms with Crippen molar-refractivity contribution < 1.29 is 0 Å². The normalized spacial score (nSPS) is 10.7. The maximum Gasteiger partial charge on any atom is 0.107 e. The van der Waals surface area contributed by atoms with Crippen LogP contribution < -0.4 is 5.32 Å². The maximum atomic E-state index is 6.04. The summed E-state index contributed by atoms with van der Waals surface area (Å²) in [5, 5.41) is 3.50. The van der Waals surface area contributed by atoms with E-state index in [1.54, 1.807) is 11.3 Å². The van der Waals surface area contributed by atoms with Crippen LogP contribution in [0.5, 0.6) is 0 Å². The Hall–Kier alpha value is -0.510. The Morgan fingerprint density at radius 2 is 1.78 bits per heavy atom. The fourth-order valence-electron chi connectivity index (χ4n) is 2.11. The molecule has 0 bridgehead atoms. The van der Waals surface area contributed by atoms with Gasteiger partial charge in [-0.25, -0.2) is 0 Å². The molecule has 4 heteroatoms. The maximum absolute atomic E-state index is 6.04. The highest BCUT2D eigenvalue weighted by Gasteiger charge is 2.07. The molecule has 2 aromatic rings. The first-order chi connectivity index (χ1) is 8.47. The lowest BCUT2D eigenvalue weighted by atomic mass is 10.1. The van der Waals surface area contributed by atoms with E-state index in [1.165, 1.54) is 27.3 Å². The Labute approximate surface area is 125 Å². The number of anilines is 1. The number of aryl methyl sites for hydroxylation is 3.